The van der Waals surface area contributed by atoms with Crippen molar-refractivity contribution in [1.82, 2.24) is 15.1 Å². The molecular weight excluding hydrogens is 354 g/mol. The van der Waals surface area contributed by atoms with Gasteiger partial charge in [0.15, 0.2) is 0 Å². The summed E-state index contributed by atoms with van der Waals surface area (Å²) in [5.74, 6) is 0.671. The molecule has 6 nitrogen and oxygen atoms in total. The second-order valence-corrected chi connectivity index (χ2v) is 7.04. The number of hydrogen-bond acceptors (Lipinski definition) is 3. The van der Waals surface area contributed by atoms with Gasteiger partial charge in [0.1, 0.15) is 5.75 Å². The van der Waals surface area contributed by atoms with Crippen molar-refractivity contribution in [3.05, 3.63) is 77.0 Å². The monoisotopic (exact) mass is 377 g/mol. The summed E-state index contributed by atoms with van der Waals surface area (Å²) in [6.45, 7) is 1.06. The van der Waals surface area contributed by atoms with Crippen molar-refractivity contribution in [2.24, 2.45) is 0 Å². The van der Waals surface area contributed by atoms with Gasteiger partial charge in [-0.2, -0.15) is 0 Å². The highest BCUT2D eigenvalue weighted by Gasteiger charge is 2.42. The molecule has 0 bridgehead atoms. The molecule has 0 radical (unpaired) electrons. The third-order valence-corrected chi connectivity index (χ3v) is 5.38. The van der Waals surface area contributed by atoms with Gasteiger partial charge < -0.3 is 15.0 Å². The second kappa shape index (κ2) is 7.38. The Kier molecular flexibility index (Phi) is 4.77. The molecule has 0 saturated heterocycles. The van der Waals surface area contributed by atoms with Gasteiger partial charge in [-0.3, -0.25) is 9.69 Å². The predicted octanol–water partition coefficient (Wildman–Crippen LogP) is 2.73. The molecule has 0 saturated carbocycles. The highest BCUT2D eigenvalue weighted by Crippen LogP contribution is 2.36. The lowest BCUT2D eigenvalue weighted by Gasteiger charge is -2.31. The maximum atomic E-state index is 13.2. The molecule has 1 unspecified atom stereocenters. The smallest absolute Gasteiger partial charge is 0.322 e. The number of carbonyl (C=O) groups is 2. The van der Waals surface area contributed by atoms with Crippen LogP contribution in [0.3, 0.4) is 0 Å². The molecule has 2 aliphatic rings. The second-order valence-electron chi connectivity index (χ2n) is 7.04. The molecule has 3 amide bonds. The summed E-state index contributed by atoms with van der Waals surface area (Å²) in [5, 5.41) is 2.96. The summed E-state index contributed by atoms with van der Waals surface area (Å²) in [5.41, 5.74) is 3.44. The van der Waals surface area contributed by atoms with Gasteiger partial charge in [-0.25, -0.2) is 4.79 Å². The topological polar surface area (TPSA) is 61.9 Å². The summed E-state index contributed by atoms with van der Waals surface area (Å²) in [6.07, 6.45) is 0.780. The summed E-state index contributed by atoms with van der Waals surface area (Å²) in [7, 11) is 3.31. The number of rotatable bonds is 5. The van der Waals surface area contributed by atoms with E-state index >= 15 is 0 Å². The summed E-state index contributed by atoms with van der Waals surface area (Å²) < 4.78 is 5.31. The van der Waals surface area contributed by atoms with Crippen LogP contribution in [0.2, 0.25) is 0 Å². The van der Waals surface area contributed by atoms with Crippen LogP contribution >= 0.6 is 0 Å². The molecule has 0 fully saturated rings. The van der Waals surface area contributed by atoms with Crippen molar-refractivity contribution in [3.63, 3.8) is 0 Å². The first-order chi connectivity index (χ1) is 13.6. The molecule has 2 aromatic carbocycles. The normalized spacial score (nSPS) is 19.0. The average molecular weight is 377 g/mol. The molecule has 0 aromatic heterocycles. The van der Waals surface area contributed by atoms with E-state index in [1.807, 2.05) is 47.4 Å². The van der Waals surface area contributed by atoms with Crippen molar-refractivity contribution < 1.29 is 14.3 Å². The van der Waals surface area contributed by atoms with E-state index in [1.54, 1.807) is 19.1 Å². The Labute approximate surface area is 164 Å². The van der Waals surface area contributed by atoms with E-state index in [0.29, 0.717) is 24.4 Å². The molecule has 144 valence electrons. The Morgan fingerprint density at radius 3 is 2.64 bits per heavy atom. The summed E-state index contributed by atoms with van der Waals surface area (Å²) in [6, 6.07) is 16.9. The summed E-state index contributed by atoms with van der Waals surface area (Å²) >= 11 is 0. The highest BCUT2D eigenvalue weighted by molar-refractivity contribution is 6.01. The Balaban J connectivity index is 1.60. The lowest BCUT2D eigenvalue weighted by atomic mass is 9.95. The largest absolute Gasteiger partial charge is 0.497 e. The van der Waals surface area contributed by atoms with Gasteiger partial charge in [-0.15, -0.1) is 0 Å². The number of carbonyl (C=O) groups excluding carboxylic acids is 2. The molecule has 28 heavy (non-hydrogen) atoms. The fourth-order valence-corrected chi connectivity index (χ4v) is 3.78. The third kappa shape index (κ3) is 3.22. The number of methoxy groups -OCH3 is 1. The Bertz CT molecular complexity index is 939. The molecule has 1 N–H and O–H groups in total. The zero-order valence-corrected chi connectivity index (χ0v) is 16.0. The van der Waals surface area contributed by atoms with E-state index in [-0.39, 0.29) is 11.9 Å². The number of nitrogens with zero attached hydrogens (tertiary/aromatic N) is 2. The molecule has 4 rings (SSSR count). The Morgan fingerprint density at radius 1 is 1.11 bits per heavy atom. The lowest BCUT2D eigenvalue weighted by Crippen LogP contribution is -2.45. The molecule has 2 aliphatic heterocycles. The van der Waals surface area contributed by atoms with Crippen LogP contribution in [-0.4, -0.2) is 49.0 Å². The third-order valence-electron chi connectivity index (χ3n) is 5.38. The molecule has 6 heteroatoms. The molecule has 0 aliphatic carbocycles. The first-order valence-corrected chi connectivity index (χ1v) is 9.33. The Morgan fingerprint density at radius 2 is 1.89 bits per heavy atom. The van der Waals surface area contributed by atoms with Gasteiger partial charge in [0.25, 0.3) is 5.91 Å². The van der Waals surface area contributed by atoms with Crippen LogP contribution in [0.5, 0.6) is 5.75 Å². The fraction of sp³-hybridized carbons (Fsp3) is 0.273. The number of likely N-dealkylation sites (N-methyl/N-ethyl adjacent to an activating group) is 1. The first kappa shape index (κ1) is 18.1. The van der Waals surface area contributed by atoms with Crippen molar-refractivity contribution in [2.75, 3.05) is 27.2 Å². The maximum Gasteiger partial charge on any atom is 0.322 e. The van der Waals surface area contributed by atoms with Crippen LogP contribution in [0, 0.1) is 0 Å². The van der Waals surface area contributed by atoms with E-state index in [2.05, 4.69) is 17.4 Å². The first-order valence-electron chi connectivity index (χ1n) is 9.33. The van der Waals surface area contributed by atoms with E-state index in [0.717, 1.165) is 17.7 Å². The predicted molar refractivity (Wildman–Crippen MR) is 106 cm³/mol. The quantitative estimate of drug-likeness (QED) is 0.872. The average Bonchev–Trinajstić information content (AvgIpc) is 3.06. The number of hydrogen-bond donors (Lipinski definition) is 1. The zero-order chi connectivity index (χ0) is 19.7. The van der Waals surface area contributed by atoms with Crippen molar-refractivity contribution in [1.29, 1.82) is 0 Å². The van der Waals surface area contributed by atoms with Crippen LogP contribution in [0.1, 0.15) is 17.2 Å². The fourth-order valence-electron chi connectivity index (χ4n) is 3.78. The van der Waals surface area contributed by atoms with Gasteiger partial charge in [-0.05, 0) is 29.7 Å². The van der Waals surface area contributed by atoms with Crippen LogP contribution in [0.25, 0.3) is 0 Å². The van der Waals surface area contributed by atoms with Crippen LogP contribution < -0.4 is 10.1 Å². The minimum absolute atomic E-state index is 0.0226. The van der Waals surface area contributed by atoms with Gasteiger partial charge >= 0.3 is 6.03 Å². The van der Waals surface area contributed by atoms with Gasteiger partial charge in [0, 0.05) is 13.6 Å². The number of benzene rings is 2. The molecule has 2 aromatic rings. The zero-order valence-electron chi connectivity index (χ0n) is 16.0. The highest BCUT2D eigenvalue weighted by atomic mass is 16.5. The molecule has 2 heterocycles. The van der Waals surface area contributed by atoms with Crippen molar-refractivity contribution in [3.8, 4) is 5.75 Å². The van der Waals surface area contributed by atoms with E-state index in [9.17, 15) is 9.59 Å². The van der Waals surface area contributed by atoms with Gasteiger partial charge in [0.05, 0.1) is 31.0 Å². The number of amides is 3. The number of ether oxygens (including phenoxy) is 1. The van der Waals surface area contributed by atoms with Gasteiger partial charge in [-0.1, -0.05) is 42.5 Å². The molecule has 0 spiro atoms. The van der Waals surface area contributed by atoms with E-state index in [1.165, 1.54) is 5.56 Å². The van der Waals surface area contributed by atoms with Crippen LogP contribution in [0.4, 0.5) is 4.79 Å². The minimum atomic E-state index is -0.469. The summed E-state index contributed by atoms with van der Waals surface area (Å²) in [4.78, 5) is 29.1. The van der Waals surface area contributed by atoms with Crippen molar-refractivity contribution >= 4 is 11.9 Å². The van der Waals surface area contributed by atoms with Crippen LogP contribution in [0.15, 0.2) is 65.9 Å². The maximum absolute atomic E-state index is 13.2. The van der Waals surface area contributed by atoms with E-state index < -0.39 is 6.04 Å². The van der Waals surface area contributed by atoms with Gasteiger partial charge in [0.2, 0.25) is 0 Å². The molecular formula is C22H23N3O3. The lowest BCUT2D eigenvalue weighted by molar-refractivity contribution is -0.125. The molecule has 1 atom stereocenters. The Hall–Kier alpha value is -3.28. The number of urea groups is 1. The number of nitrogens with one attached hydrogen (secondary N) is 1. The standard InChI is InChI=1S/C22H23N3O3/c1-24-18-14-25(12-11-15-7-4-3-5-8-15)21(26)19(18)20(23-22(24)27)16-9-6-10-17(13-16)28-2/h3-10,13,20H,11-12,14H2,1-2H3,(H,23,27). The minimum Gasteiger partial charge on any atom is -0.497 e. The van der Waals surface area contributed by atoms with Crippen LogP contribution in [-0.2, 0) is 11.2 Å². The SMILES string of the molecule is COc1cccc(C2NC(=O)N(C)C3=C2C(=O)N(CCc2ccccc2)C3)c1. The van der Waals surface area contributed by atoms with Crippen molar-refractivity contribution in [2.45, 2.75) is 12.5 Å². The van der Waals surface area contributed by atoms with E-state index in [4.69, 9.17) is 4.74 Å².